The van der Waals surface area contributed by atoms with Gasteiger partial charge in [-0.25, -0.2) is 9.37 Å². The molecule has 0 radical (unpaired) electrons. The van der Waals surface area contributed by atoms with E-state index >= 15 is 0 Å². The number of carbonyl (C=O) groups excluding carboxylic acids is 1. The molecule has 1 aromatic heterocycles. The van der Waals surface area contributed by atoms with E-state index in [1.807, 2.05) is 0 Å². The molecule has 0 spiro atoms. The standard InChI is InChI=1S/C18H23FN2O2S/c1-12(23-14-7-5-13(19)6-8-14)17(22)20-10-9-16-21-15(11-24-16)18(2,3)4/h5-8,11-12H,9-10H2,1-4H3,(H,20,22)/t12-/m1/s1. The van der Waals surface area contributed by atoms with E-state index in [1.165, 1.54) is 24.3 Å². The van der Waals surface area contributed by atoms with Gasteiger partial charge in [0.05, 0.1) is 10.7 Å². The number of carbonyl (C=O) groups is 1. The number of halogens is 1. The van der Waals surface area contributed by atoms with E-state index in [0.29, 0.717) is 18.7 Å². The van der Waals surface area contributed by atoms with Gasteiger partial charge in [-0.15, -0.1) is 11.3 Å². The number of hydrogen-bond acceptors (Lipinski definition) is 4. The quantitative estimate of drug-likeness (QED) is 0.864. The van der Waals surface area contributed by atoms with Crippen molar-refractivity contribution in [1.82, 2.24) is 10.3 Å². The van der Waals surface area contributed by atoms with Crippen LogP contribution in [0.3, 0.4) is 0 Å². The first-order valence-electron chi connectivity index (χ1n) is 7.90. The molecule has 0 saturated carbocycles. The third-order valence-electron chi connectivity index (χ3n) is 3.45. The first kappa shape index (κ1) is 18.4. The van der Waals surface area contributed by atoms with Crippen LogP contribution in [0, 0.1) is 5.82 Å². The number of hydrogen-bond donors (Lipinski definition) is 1. The molecule has 1 amide bonds. The van der Waals surface area contributed by atoms with Crippen LogP contribution in [0.2, 0.25) is 0 Å². The molecule has 24 heavy (non-hydrogen) atoms. The van der Waals surface area contributed by atoms with Crippen LogP contribution >= 0.6 is 11.3 Å². The van der Waals surface area contributed by atoms with Crippen molar-refractivity contribution in [3.05, 3.63) is 46.2 Å². The molecule has 130 valence electrons. The molecule has 1 aromatic carbocycles. The summed E-state index contributed by atoms with van der Waals surface area (Å²) in [6, 6.07) is 5.61. The highest BCUT2D eigenvalue weighted by molar-refractivity contribution is 7.09. The summed E-state index contributed by atoms with van der Waals surface area (Å²) < 4.78 is 18.3. The smallest absolute Gasteiger partial charge is 0.260 e. The summed E-state index contributed by atoms with van der Waals surface area (Å²) >= 11 is 1.61. The molecule has 2 rings (SSSR count). The first-order valence-corrected chi connectivity index (χ1v) is 8.78. The lowest BCUT2D eigenvalue weighted by molar-refractivity contribution is -0.127. The normalized spacial score (nSPS) is 12.7. The van der Waals surface area contributed by atoms with E-state index in [1.54, 1.807) is 18.3 Å². The summed E-state index contributed by atoms with van der Waals surface area (Å²) in [7, 11) is 0. The first-order chi connectivity index (χ1) is 11.3. The fraction of sp³-hybridized carbons (Fsp3) is 0.444. The summed E-state index contributed by atoms with van der Waals surface area (Å²) in [5.41, 5.74) is 1.11. The van der Waals surface area contributed by atoms with Crippen molar-refractivity contribution >= 4 is 17.2 Å². The maximum Gasteiger partial charge on any atom is 0.260 e. The molecule has 0 fully saturated rings. The minimum absolute atomic E-state index is 0.0372. The monoisotopic (exact) mass is 350 g/mol. The molecule has 2 aromatic rings. The van der Waals surface area contributed by atoms with E-state index in [0.717, 1.165) is 10.7 Å². The van der Waals surface area contributed by atoms with Crippen molar-refractivity contribution < 1.29 is 13.9 Å². The Labute approximate surface area is 146 Å². The molecule has 0 aliphatic heterocycles. The average molecular weight is 350 g/mol. The lowest BCUT2D eigenvalue weighted by Crippen LogP contribution is -2.37. The molecular formula is C18H23FN2O2S. The number of ether oxygens (including phenoxy) is 1. The Bertz CT molecular complexity index is 677. The average Bonchev–Trinajstić information content (AvgIpc) is 2.98. The van der Waals surface area contributed by atoms with Gasteiger partial charge in [-0.2, -0.15) is 0 Å². The van der Waals surface area contributed by atoms with Crippen molar-refractivity contribution in [2.75, 3.05) is 6.54 Å². The number of aromatic nitrogens is 1. The van der Waals surface area contributed by atoms with Gasteiger partial charge in [0.15, 0.2) is 6.10 Å². The number of benzene rings is 1. The van der Waals surface area contributed by atoms with Gasteiger partial charge in [0.2, 0.25) is 0 Å². The third kappa shape index (κ3) is 5.30. The summed E-state index contributed by atoms with van der Waals surface area (Å²) in [5.74, 6) is -0.0711. The summed E-state index contributed by atoms with van der Waals surface area (Å²) in [5, 5.41) is 5.91. The fourth-order valence-corrected chi connectivity index (χ4v) is 3.00. The second-order valence-corrected chi connectivity index (χ2v) is 7.57. The summed E-state index contributed by atoms with van der Waals surface area (Å²) in [6.45, 7) is 8.55. The Hall–Kier alpha value is -1.95. The molecule has 4 nitrogen and oxygen atoms in total. The van der Waals surface area contributed by atoms with Gasteiger partial charge in [-0.1, -0.05) is 20.8 Å². The minimum Gasteiger partial charge on any atom is -0.481 e. The van der Waals surface area contributed by atoms with Crippen molar-refractivity contribution in [1.29, 1.82) is 0 Å². The van der Waals surface area contributed by atoms with Gasteiger partial charge < -0.3 is 10.1 Å². The molecule has 0 unspecified atom stereocenters. The van der Waals surface area contributed by atoms with Crippen LogP contribution in [0.15, 0.2) is 29.6 Å². The van der Waals surface area contributed by atoms with E-state index < -0.39 is 6.10 Å². The molecule has 6 heteroatoms. The van der Waals surface area contributed by atoms with Gasteiger partial charge in [0, 0.05) is 23.8 Å². The number of thiazole rings is 1. The van der Waals surface area contributed by atoms with Crippen LogP contribution in [-0.2, 0) is 16.6 Å². The molecule has 0 bridgehead atoms. The zero-order valence-corrected chi connectivity index (χ0v) is 15.2. The Morgan fingerprint density at radius 2 is 2.00 bits per heavy atom. The Balaban J connectivity index is 1.78. The highest BCUT2D eigenvalue weighted by atomic mass is 32.1. The highest BCUT2D eigenvalue weighted by Crippen LogP contribution is 2.23. The van der Waals surface area contributed by atoms with Gasteiger partial charge >= 0.3 is 0 Å². The molecule has 0 aliphatic carbocycles. The van der Waals surface area contributed by atoms with Gasteiger partial charge in [0.25, 0.3) is 5.91 Å². The maximum atomic E-state index is 12.8. The Morgan fingerprint density at radius 1 is 1.33 bits per heavy atom. The highest BCUT2D eigenvalue weighted by Gasteiger charge is 2.18. The SMILES string of the molecule is C[C@@H](Oc1ccc(F)cc1)C(=O)NCCc1nc(C(C)(C)C)cs1. The second-order valence-electron chi connectivity index (χ2n) is 6.63. The summed E-state index contributed by atoms with van der Waals surface area (Å²) in [6.07, 6.45) is 0.0485. The fourth-order valence-electron chi connectivity index (χ4n) is 1.98. The number of amides is 1. The third-order valence-corrected chi connectivity index (χ3v) is 4.36. The second kappa shape index (κ2) is 7.75. The van der Waals surface area contributed by atoms with Crippen molar-refractivity contribution in [3.8, 4) is 5.75 Å². The number of nitrogens with one attached hydrogen (secondary N) is 1. The van der Waals surface area contributed by atoms with Crippen LogP contribution in [-0.4, -0.2) is 23.5 Å². The molecule has 0 saturated heterocycles. The van der Waals surface area contributed by atoms with Crippen LogP contribution in [0.1, 0.15) is 38.4 Å². The van der Waals surface area contributed by atoms with Crippen molar-refractivity contribution in [2.24, 2.45) is 0 Å². The Morgan fingerprint density at radius 3 is 2.58 bits per heavy atom. The van der Waals surface area contributed by atoms with Crippen molar-refractivity contribution in [3.63, 3.8) is 0 Å². The zero-order chi connectivity index (χ0) is 17.7. The van der Waals surface area contributed by atoms with Crippen molar-refractivity contribution in [2.45, 2.75) is 45.6 Å². The van der Waals surface area contributed by atoms with E-state index in [-0.39, 0.29) is 17.1 Å². The Kier molecular flexibility index (Phi) is 5.94. The topological polar surface area (TPSA) is 51.2 Å². The van der Waals surface area contributed by atoms with Gasteiger partial charge in [0.1, 0.15) is 11.6 Å². The number of nitrogens with zero attached hydrogens (tertiary/aromatic N) is 1. The molecule has 1 heterocycles. The maximum absolute atomic E-state index is 12.8. The predicted molar refractivity (Wildman–Crippen MR) is 94.0 cm³/mol. The zero-order valence-electron chi connectivity index (χ0n) is 14.4. The molecule has 0 aliphatic rings. The molecule has 1 N–H and O–H groups in total. The van der Waals surface area contributed by atoms with E-state index in [2.05, 4.69) is 36.5 Å². The van der Waals surface area contributed by atoms with E-state index in [9.17, 15) is 9.18 Å². The van der Waals surface area contributed by atoms with Crippen LogP contribution in [0.25, 0.3) is 0 Å². The largest absolute Gasteiger partial charge is 0.481 e. The molecular weight excluding hydrogens is 327 g/mol. The lowest BCUT2D eigenvalue weighted by Gasteiger charge is -2.15. The lowest BCUT2D eigenvalue weighted by atomic mass is 9.93. The number of rotatable bonds is 6. The predicted octanol–water partition coefficient (Wildman–Crippen LogP) is 3.71. The van der Waals surface area contributed by atoms with E-state index in [4.69, 9.17) is 4.74 Å². The van der Waals surface area contributed by atoms with Gasteiger partial charge in [-0.05, 0) is 31.2 Å². The van der Waals surface area contributed by atoms with Crippen LogP contribution < -0.4 is 10.1 Å². The van der Waals surface area contributed by atoms with Crippen LogP contribution in [0.4, 0.5) is 4.39 Å². The van der Waals surface area contributed by atoms with Crippen LogP contribution in [0.5, 0.6) is 5.75 Å². The van der Waals surface area contributed by atoms with Gasteiger partial charge in [-0.3, -0.25) is 4.79 Å². The summed E-state index contributed by atoms with van der Waals surface area (Å²) in [4.78, 5) is 16.6. The minimum atomic E-state index is -0.642. The molecule has 1 atom stereocenters.